The third-order valence-corrected chi connectivity index (χ3v) is 4.78. The molecule has 2 nitrogen and oxygen atoms in total. The second-order valence-electron chi connectivity index (χ2n) is 5.84. The van der Waals surface area contributed by atoms with Crippen LogP contribution < -0.4 is 17.0 Å². The maximum absolute atomic E-state index is 12.4. The highest BCUT2D eigenvalue weighted by Crippen LogP contribution is 2.16. The average Bonchev–Trinajstić information content (AvgIpc) is 2.60. The van der Waals surface area contributed by atoms with Crippen molar-refractivity contribution in [2.45, 2.75) is 27.3 Å². The molecule has 0 saturated heterocycles. The van der Waals surface area contributed by atoms with Crippen LogP contribution in [0.5, 0.6) is 0 Å². The van der Waals surface area contributed by atoms with E-state index in [1.807, 2.05) is 42.5 Å². The molecule has 0 aliphatic heterocycles. The number of hydrogen-bond donors (Lipinski definition) is 0. The van der Waals surface area contributed by atoms with E-state index in [1.54, 1.807) is 0 Å². The SMILES string of the molecule is CC[N+](CC)(CC)Cc1ccc(C(=O)c2ccccc2)cc1.[Br-]. The Balaban J connectivity index is 0.00000264. The first-order valence-corrected chi connectivity index (χ1v) is 8.18. The summed E-state index contributed by atoms with van der Waals surface area (Å²) in [4.78, 5) is 12.4. The van der Waals surface area contributed by atoms with Gasteiger partial charge in [-0.1, -0.05) is 54.6 Å². The normalized spacial score (nSPS) is 10.9. The van der Waals surface area contributed by atoms with Gasteiger partial charge in [-0.3, -0.25) is 4.79 Å². The Labute approximate surface area is 150 Å². The number of halogens is 1. The van der Waals surface area contributed by atoms with Crippen LogP contribution in [-0.2, 0) is 6.54 Å². The molecule has 0 bridgehead atoms. The van der Waals surface area contributed by atoms with Crippen LogP contribution in [0.2, 0.25) is 0 Å². The summed E-state index contributed by atoms with van der Waals surface area (Å²) in [6.45, 7) is 11.2. The average molecular weight is 376 g/mol. The van der Waals surface area contributed by atoms with Gasteiger partial charge in [0.25, 0.3) is 0 Å². The summed E-state index contributed by atoms with van der Waals surface area (Å²) >= 11 is 0. The molecule has 0 aromatic heterocycles. The van der Waals surface area contributed by atoms with Crippen molar-refractivity contribution in [1.82, 2.24) is 0 Å². The number of carbonyl (C=O) groups is 1. The Hall–Kier alpha value is -1.45. The lowest BCUT2D eigenvalue weighted by Crippen LogP contribution is -3.00. The van der Waals surface area contributed by atoms with Crippen molar-refractivity contribution < 1.29 is 26.3 Å². The van der Waals surface area contributed by atoms with Gasteiger partial charge in [0.1, 0.15) is 6.54 Å². The van der Waals surface area contributed by atoms with E-state index in [4.69, 9.17) is 0 Å². The van der Waals surface area contributed by atoms with E-state index >= 15 is 0 Å². The molecule has 0 spiro atoms. The van der Waals surface area contributed by atoms with Gasteiger partial charge >= 0.3 is 0 Å². The maximum Gasteiger partial charge on any atom is 0.193 e. The molecule has 0 unspecified atom stereocenters. The molecule has 0 atom stereocenters. The Kier molecular flexibility index (Phi) is 7.66. The lowest BCUT2D eigenvalue weighted by Gasteiger charge is -2.35. The molecule has 0 radical (unpaired) electrons. The van der Waals surface area contributed by atoms with Gasteiger partial charge in [-0.2, -0.15) is 0 Å². The van der Waals surface area contributed by atoms with E-state index in [-0.39, 0.29) is 22.8 Å². The molecule has 0 saturated carbocycles. The standard InChI is InChI=1S/C20H26NO.BrH/c1-4-21(5-2,6-3)16-17-12-14-19(15-13-17)20(22)18-10-8-7-9-11-18;/h7-15H,4-6,16H2,1-3H3;1H/q+1;/p-1. The highest BCUT2D eigenvalue weighted by Gasteiger charge is 2.21. The Morgan fingerprint density at radius 1 is 0.783 bits per heavy atom. The van der Waals surface area contributed by atoms with Crippen LogP contribution in [0.4, 0.5) is 0 Å². The van der Waals surface area contributed by atoms with E-state index in [0.717, 1.165) is 41.8 Å². The zero-order valence-corrected chi connectivity index (χ0v) is 15.8. The van der Waals surface area contributed by atoms with Gasteiger partial charge in [0, 0.05) is 16.7 Å². The van der Waals surface area contributed by atoms with Crippen molar-refractivity contribution in [3.8, 4) is 0 Å². The number of carbonyl (C=O) groups excluding carboxylic acids is 1. The fraction of sp³-hybridized carbons (Fsp3) is 0.350. The summed E-state index contributed by atoms with van der Waals surface area (Å²) in [5, 5.41) is 0. The van der Waals surface area contributed by atoms with Crippen LogP contribution in [0.1, 0.15) is 42.3 Å². The second-order valence-corrected chi connectivity index (χ2v) is 5.84. The summed E-state index contributed by atoms with van der Waals surface area (Å²) in [6.07, 6.45) is 0. The Morgan fingerprint density at radius 2 is 1.26 bits per heavy atom. The molecule has 0 N–H and O–H groups in total. The quantitative estimate of drug-likeness (QED) is 0.526. The van der Waals surface area contributed by atoms with Crippen molar-refractivity contribution in [2.24, 2.45) is 0 Å². The number of nitrogens with zero attached hydrogens (tertiary/aromatic N) is 1. The van der Waals surface area contributed by atoms with E-state index in [9.17, 15) is 4.79 Å². The maximum atomic E-state index is 12.4. The molecule has 2 aromatic rings. The Morgan fingerprint density at radius 3 is 1.74 bits per heavy atom. The molecular formula is C20H26BrNO. The number of rotatable bonds is 7. The van der Waals surface area contributed by atoms with Crippen molar-refractivity contribution in [1.29, 1.82) is 0 Å². The van der Waals surface area contributed by atoms with Crippen LogP contribution in [0, 0.1) is 0 Å². The number of quaternary nitrogens is 1. The first-order valence-electron chi connectivity index (χ1n) is 8.18. The van der Waals surface area contributed by atoms with Crippen LogP contribution in [0.3, 0.4) is 0 Å². The van der Waals surface area contributed by atoms with Gasteiger partial charge in [0.2, 0.25) is 0 Å². The molecule has 2 rings (SSSR count). The van der Waals surface area contributed by atoms with Crippen molar-refractivity contribution in [3.05, 3.63) is 71.3 Å². The monoisotopic (exact) mass is 375 g/mol. The van der Waals surface area contributed by atoms with Gasteiger partial charge in [-0.05, 0) is 20.8 Å². The molecule has 0 amide bonds. The molecular weight excluding hydrogens is 350 g/mol. The zero-order valence-electron chi connectivity index (χ0n) is 14.3. The lowest BCUT2D eigenvalue weighted by molar-refractivity contribution is -0.936. The van der Waals surface area contributed by atoms with Crippen molar-refractivity contribution in [2.75, 3.05) is 19.6 Å². The first kappa shape index (κ1) is 19.6. The highest BCUT2D eigenvalue weighted by atomic mass is 79.9. The predicted octanol–water partition coefficient (Wildman–Crippen LogP) is 1.30. The van der Waals surface area contributed by atoms with E-state index in [1.165, 1.54) is 5.56 Å². The van der Waals surface area contributed by atoms with Gasteiger partial charge in [-0.15, -0.1) is 0 Å². The van der Waals surface area contributed by atoms with E-state index in [0.29, 0.717) is 0 Å². The predicted molar refractivity (Wildman–Crippen MR) is 91.9 cm³/mol. The Bertz CT molecular complexity index is 595. The molecule has 2 aromatic carbocycles. The van der Waals surface area contributed by atoms with E-state index in [2.05, 4.69) is 32.9 Å². The van der Waals surface area contributed by atoms with Crippen LogP contribution >= 0.6 is 0 Å². The molecule has 0 aliphatic carbocycles. The number of hydrogen-bond acceptors (Lipinski definition) is 1. The fourth-order valence-electron chi connectivity index (χ4n) is 2.91. The minimum Gasteiger partial charge on any atom is -1.00 e. The van der Waals surface area contributed by atoms with E-state index < -0.39 is 0 Å². The van der Waals surface area contributed by atoms with Gasteiger partial charge in [0.05, 0.1) is 19.6 Å². The van der Waals surface area contributed by atoms with Gasteiger partial charge < -0.3 is 21.5 Å². The molecule has 0 fully saturated rings. The highest BCUT2D eigenvalue weighted by molar-refractivity contribution is 6.08. The summed E-state index contributed by atoms with van der Waals surface area (Å²) in [5.74, 6) is 0.0920. The molecule has 3 heteroatoms. The number of benzene rings is 2. The van der Waals surface area contributed by atoms with Crippen LogP contribution in [0.25, 0.3) is 0 Å². The summed E-state index contributed by atoms with van der Waals surface area (Å²) in [7, 11) is 0. The molecule has 0 aliphatic rings. The minimum absolute atomic E-state index is 0. The third kappa shape index (κ3) is 4.76. The second kappa shape index (κ2) is 8.99. The summed E-state index contributed by atoms with van der Waals surface area (Å²) in [6, 6.07) is 17.6. The summed E-state index contributed by atoms with van der Waals surface area (Å²) < 4.78 is 1.09. The minimum atomic E-state index is 0. The topological polar surface area (TPSA) is 17.1 Å². The van der Waals surface area contributed by atoms with Crippen LogP contribution in [-0.4, -0.2) is 29.9 Å². The number of ketones is 1. The third-order valence-electron chi connectivity index (χ3n) is 4.78. The van der Waals surface area contributed by atoms with Crippen molar-refractivity contribution >= 4 is 5.78 Å². The van der Waals surface area contributed by atoms with Crippen molar-refractivity contribution in [3.63, 3.8) is 0 Å². The molecule has 124 valence electrons. The smallest absolute Gasteiger partial charge is 0.193 e. The van der Waals surface area contributed by atoms with Crippen LogP contribution in [0.15, 0.2) is 54.6 Å². The summed E-state index contributed by atoms with van der Waals surface area (Å²) in [5.41, 5.74) is 2.81. The largest absolute Gasteiger partial charge is 1.00 e. The fourth-order valence-corrected chi connectivity index (χ4v) is 2.91. The van der Waals surface area contributed by atoms with Gasteiger partial charge in [-0.25, -0.2) is 0 Å². The lowest BCUT2D eigenvalue weighted by atomic mass is 10.0. The molecule has 23 heavy (non-hydrogen) atoms. The first-order chi connectivity index (χ1) is 10.6. The zero-order chi connectivity index (χ0) is 16.0. The molecule has 0 heterocycles. The van der Waals surface area contributed by atoms with Gasteiger partial charge in [0.15, 0.2) is 5.78 Å².